The van der Waals surface area contributed by atoms with E-state index in [-0.39, 0.29) is 5.82 Å². The maximum Gasteiger partial charge on any atom is 0.214 e. The zero-order valence-corrected chi connectivity index (χ0v) is 11.8. The highest BCUT2D eigenvalue weighted by Gasteiger charge is 2.18. The number of hydrogen-bond acceptors (Lipinski definition) is 4. The van der Waals surface area contributed by atoms with Gasteiger partial charge in [0.25, 0.3) is 0 Å². The van der Waals surface area contributed by atoms with Gasteiger partial charge in [-0.25, -0.2) is 9.37 Å². The fourth-order valence-electron chi connectivity index (χ4n) is 1.91. The third-order valence-corrected chi connectivity index (χ3v) is 4.15. The van der Waals surface area contributed by atoms with Gasteiger partial charge in [-0.3, -0.25) is 0 Å². The number of imidazole rings is 1. The third-order valence-electron chi connectivity index (χ3n) is 2.94. The van der Waals surface area contributed by atoms with Crippen molar-refractivity contribution in [3.8, 4) is 17.3 Å². The van der Waals surface area contributed by atoms with E-state index in [4.69, 9.17) is 0 Å². The molecule has 0 N–H and O–H groups in total. The summed E-state index contributed by atoms with van der Waals surface area (Å²) in [6.07, 6.45) is 0. The molecule has 0 fully saturated rings. The average molecular weight is 286 g/mol. The molecule has 2 aromatic heterocycles. The molecule has 1 aromatic carbocycles. The van der Waals surface area contributed by atoms with Crippen molar-refractivity contribution in [1.29, 1.82) is 5.26 Å². The van der Waals surface area contributed by atoms with Crippen LogP contribution in [0.1, 0.15) is 30.5 Å². The summed E-state index contributed by atoms with van der Waals surface area (Å²) in [6, 6.07) is 8.08. The Morgan fingerprint density at radius 2 is 2.00 bits per heavy atom. The van der Waals surface area contributed by atoms with Gasteiger partial charge in [0.2, 0.25) is 4.96 Å². The normalized spacial score (nSPS) is 11.2. The summed E-state index contributed by atoms with van der Waals surface area (Å²) in [6.45, 7) is 4.09. The second kappa shape index (κ2) is 4.69. The topological polar surface area (TPSA) is 54.0 Å². The quantitative estimate of drug-likeness (QED) is 0.723. The molecular weight excluding hydrogens is 275 g/mol. The van der Waals surface area contributed by atoms with Gasteiger partial charge in [-0.2, -0.15) is 14.9 Å². The molecule has 0 radical (unpaired) electrons. The molecule has 0 saturated carbocycles. The van der Waals surface area contributed by atoms with E-state index in [9.17, 15) is 9.65 Å². The number of aromatic nitrogens is 3. The highest BCUT2D eigenvalue weighted by Crippen LogP contribution is 2.28. The monoisotopic (exact) mass is 286 g/mol. The van der Waals surface area contributed by atoms with Crippen molar-refractivity contribution in [2.24, 2.45) is 0 Å². The van der Waals surface area contributed by atoms with E-state index in [0.717, 1.165) is 5.01 Å². The number of nitrogens with zero attached hydrogens (tertiary/aromatic N) is 4. The Morgan fingerprint density at radius 3 is 2.60 bits per heavy atom. The first-order valence-electron chi connectivity index (χ1n) is 6.15. The Balaban J connectivity index is 2.19. The molecule has 2 heterocycles. The first-order chi connectivity index (χ1) is 9.60. The molecule has 0 unspecified atom stereocenters. The number of halogens is 1. The molecule has 3 aromatic rings. The summed E-state index contributed by atoms with van der Waals surface area (Å²) < 4.78 is 14.5. The van der Waals surface area contributed by atoms with E-state index in [1.54, 1.807) is 16.6 Å². The summed E-state index contributed by atoms with van der Waals surface area (Å²) in [5.41, 5.74) is 1.64. The zero-order valence-electron chi connectivity index (χ0n) is 11.0. The van der Waals surface area contributed by atoms with Crippen molar-refractivity contribution in [2.45, 2.75) is 19.8 Å². The van der Waals surface area contributed by atoms with Crippen molar-refractivity contribution >= 4 is 16.3 Å². The molecular formula is C14H11FN4S. The predicted octanol–water partition coefficient (Wildman–Crippen LogP) is 3.59. The van der Waals surface area contributed by atoms with Crippen molar-refractivity contribution < 1.29 is 4.39 Å². The first kappa shape index (κ1) is 12.8. The molecule has 100 valence electrons. The van der Waals surface area contributed by atoms with Crippen LogP contribution in [0.4, 0.5) is 4.39 Å². The van der Waals surface area contributed by atoms with E-state index in [1.165, 1.54) is 23.5 Å². The van der Waals surface area contributed by atoms with Gasteiger partial charge in [0, 0.05) is 11.5 Å². The smallest absolute Gasteiger partial charge is 0.214 e. The molecule has 20 heavy (non-hydrogen) atoms. The standard InChI is InChI=1S/C14H11FN4S/c1-8(2)13-18-19-11(7-16)12(17-14(19)20-13)9-3-5-10(15)6-4-9/h3-6,8H,1-2H3. The van der Waals surface area contributed by atoms with Gasteiger partial charge >= 0.3 is 0 Å². The minimum Gasteiger partial charge on any atom is -0.216 e. The molecule has 0 aliphatic carbocycles. The van der Waals surface area contributed by atoms with Crippen molar-refractivity contribution in [2.75, 3.05) is 0 Å². The van der Waals surface area contributed by atoms with Crippen LogP contribution in [-0.2, 0) is 0 Å². The van der Waals surface area contributed by atoms with Crippen LogP contribution in [0, 0.1) is 17.1 Å². The molecule has 0 aliphatic rings. The number of hydrogen-bond donors (Lipinski definition) is 0. The summed E-state index contributed by atoms with van der Waals surface area (Å²) in [5.74, 6) is -0.0176. The fraction of sp³-hybridized carbons (Fsp3) is 0.214. The van der Waals surface area contributed by atoms with Gasteiger partial charge < -0.3 is 0 Å². The summed E-state index contributed by atoms with van der Waals surface area (Å²) in [4.78, 5) is 5.15. The number of nitriles is 1. The van der Waals surface area contributed by atoms with Crippen LogP contribution in [0.2, 0.25) is 0 Å². The molecule has 0 atom stereocenters. The molecule has 0 aliphatic heterocycles. The van der Waals surface area contributed by atoms with Crippen LogP contribution in [-0.4, -0.2) is 14.6 Å². The number of benzene rings is 1. The van der Waals surface area contributed by atoms with Crippen LogP contribution in [0.5, 0.6) is 0 Å². The van der Waals surface area contributed by atoms with E-state index < -0.39 is 0 Å². The van der Waals surface area contributed by atoms with Crippen LogP contribution in [0.3, 0.4) is 0 Å². The molecule has 0 bridgehead atoms. The SMILES string of the molecule is CC(C)c1nn2c(C#N)c(-c3ccc(F)cc3)nc2s1. The Morgan fingerprint density at radius 1 is 1.30 bits per heavy atom. The van der Waals surface area contributed by atoms with Crippen LogP contribution in [0.25, 0.3) is 16.2 Å². The Bertz CT molecular complexity index is 808. The maximum atomic E-state index is 13.0. The van der Waals surface area contributed by atoms with Crippen LogP contribution >= 0.6 is 11.3 Å². The number of fused-ring (bicyclic) bond motifs is 1. The van der Waals surface area contributed by atoms with Gasteiger partial charge in [0.15, 0.2) is 5.69 Å². The number of rotatable bonds is 2. The summed E-state index contributed by atoms with van der Waals surface area (Å²) in [7, 11) is 0. The Labute approximate surface area is 119 Å². The maximum absolute atomic E-state index is 13.0. The van der Waals surface area contributed by atoms with Gasteiger partial charge in [0.1, 0.15) is 22.6 Å². The largest absolute Gasteiger partial charge is 0.216 e. The van der Waals surface area contributed by atoms with Gasteiger partial charge in [0.05, 0.1) is 0 Å². The van der Waals surface area contributed by atoms with E-state index in [2.05, 4.69) is 16.2 Å². The fourth-order valence-corrected chi connectivity index (χ4v) is 2.81. The average Bonchev–Trinajstić information content (AvgIpc) is 2.96. The second-order valence-corrected chi connectivity index (χ2v) is 5.70. The minimum atomic E-state index is -0.312. The van der Waals surface area contributed by atoms with E-state index >= 15 is 0 Å². The Hall–Kier alpha value is -2.26. The summed E-state index contributed by atoms with van der Waals surface area (Å²) >= 11 is 1.47. The van der Waals surface area contributed by atoms with Crippen molar-refractivity contribution in [3.05, 3.63) is 40.8 Å². The highest BCUT2D eigenvalue weighted by atomic mass is 32.1. The molecule has 4 nitrogen and oxygen atoms in total. The first-order valence-corrected chi connectivity index (χ1v) is 6.97. The van der Waals surface area contributed by atoms with Gasteiger partial charge in [-0.05, 0) is 24.3 Å². The molecule has 6 heteroatoms. The second-order valence-electron chi connectivity index (χ2n) is 4.72. The Kier molecular flexibility index (Phi) is 2.99. The predicted molar refractivity (Wildman–Crippen MR) is 75.1 cm³/mol. The van der Waals surface area contributed by atoms with E-state index in [0.29, 0.717) is 27.8 Å². The molecule has 0 spiro atoms. The third kappa shape index (κ3) is 1.96. The van der Waals surface area contributed by atoms with Crippen molar-refractivity contribution in [3.63, 3.8) is 0 Å². The minimum absolute atomic E-state index is 0.294. The molecule has 3 rings (SSSR count). The van der Waals surface area contributed by atoms with Crippen molar-refractivity contribution in [1.82, 2.24) is 14.6 Å². The summed E-state index contributed by atoms with van der Waals surface area (Å²) in [5, 5.41) is 14.7. The van der Waals surface area contributed by atoms with Gasteiger partial charge in [-0.15, -0.1) is 0 Å². The van der Waals surface area contributed by atoms with Crippen LogP contribution in [0.15, 0.2) is 24.3 Å². The van der Waals surface area contributed by atoms with Crippen LogP contribution < -0.4 is 0 Å². The van der Waals surface area contributed by atoms with E-state index in [1.807, 2.05) is 13.8 Å². The lowest BCUT2D eigenvalue weighted by Gasteiger charge is -1.98. The lowest BCUT2D eigenvalue weighted by atomic mass is 10.1. The highest BCUT2D eigenvalue weighted by molar-refractivity contribution is 7.16. The lowest BCUT2D eigenvalue weighted by molar-refractivity contribution is 0.628. The molecule has 0 saturated heterocycles. The van der Waals surface area contributed by atoms with Gasteiger partial charge in [-0.1, -0.05) is 25.2 Å². The lowest BCUT2D eigenvalue weighted by Crippen LogP contribution is -1.93. The molecule has 0 amide bonds. The zero-order chi connectivity index (χ0) is 14.3.